The maximum atomic E-state index is 13.2. The van der Waals surface area contributed by atoms with E-state index in [1.807, 2.05) is 35.2 Å². The van der Waals surface area contributed by atoms with Gasteiger partial charge in [0.1, 0.15) is 0 Å². The molecule has 1 aromatic carbocycles. The molecule has 4 rings (SSSR count). The second-order valence-electron chi connectivity index (χ2n) is 8.01. The fourth-order valence-corrected chi connectivity index (χ4v) is 5.09. The predicted molar refractivity (Wildman–Crippen MR) is 101 cm³/mol. The molecular formula is C21H30N2O3. The highest BCUT2D eigenvalue weighted by molar-refractivity contribution is 5.98. The van der Waals surface area contributed by atoms with E-state index in [1.54, 1.807) is 7.11 Å². The number of hydrogen-bond acceptors (Lipinski definition) is 4. The first-order valence-electron chi connectivity index (χ1n) is 9.91. The Bertz CT molecular complexity index is 607. The van der Waals surface area contributed by atoms with Crippen molar-refractivity contribution in [3.8, 4) is 0 Å². The minimum absolute atomic E-state index is 0.0236. The molecule has 3 heterocycles. The number of hydrogen-bond donors (Lipinski definition) is 0. The first-order valence-corrected chi connectivity index (χ1v) is 9.91. The van der Waals surface area contributed by atoms with Gasteiger partial charge in [0, 0.05) is 44.0 Å². The van der Waals surface area contributed by atoms with Gasteiger partial charge in [-0.2, -0.15) is 0 Å². The van der Waals surface area contributed by atoms with E-state index in [0.717, 1.165) is 64.2 Å². The quantitative estimate of drug-likeness (QED) is 0.830. The van der Waals surface area contributed by atoms with Gasteiger partial charge in [0.25, 0.3) is 0 Å². The molecule has 5 nitrogen and oxygen atoms in total. The summed E-state index contributed by atoms with van der Waals surface area (Å²) in [7, 11) is 1.71. The SMILES string of the molecule is COC[C@H]1C(=O)N(c2ccccc2)CC12CCN(C1CCOCC1)CC2. The second kappa shape index (κ2) is 7.67. The smallest absolute Gasteiger partial charge is 0.233 e. The Hall–Kier alpha value is -1.43. The fraction of sp³-hybridized carbons (Fsp3) is 0.667. The largest absolute Gasteiger partial charge is 0.384 e. The van der Waals surface area contributed by atoms with Gasteiger partial charge in [-0.3, -0.25) is 4.79 Å². The summed E-state index contributed by atoms with van der Waals surface area (Å²) in [6, 6.07) is 10.7. The molecule has 142 valence electrons. The van der Waals surface area contributed by atoms with Crippen molar-refractivity contribution in [3.05, 3.63) is 30.3 Å². The van der Waals surface area contributed by atoms with E-state index in [2.05, 4.69) is 4.90 Å². The molecule has 26 heavy (non-hydrogen) atoms. The fourth-order valence-electron chi connectivity index (χ4n) is 5.09. The number of carbonyl (C=O) groups is 1. The van der Waals surface area contributed by atoms with Crippen molar-refractivity contribution in [3.63, 3.8) is 0 Å². The molecule has 3 aliphatic heterocycles. The Morgan fingerprint density at radius 3 is 2.50 bits per heavy atom. The highest BCUT2D eigenvalue weighted by Crippen LogP contribution is 2.47. The van der Waals surface area contributed by atoms with Crippen LogP contribution in [0.3, 0.4) is 0 Å². The van der Waals surface area contributed by atoms with Gasteiger partial charge in [-0.05, 0) is 50.9 Å². The zero-order valence-corrected chi connectivity index (χ0v) is 15.7. The van der Waals surface area contributed by atoms with Crippen LogP contribution in [0.25, 0.3) is 0 Å². The summed E-state index contributed by atoms with van der Waals surface area (Å²) in [5.41, 5.74) is 1.06. The molecule has 0 aliphatic carbocycles. The van der Waals surface area contributed by atoms with Gasteiger partial charge in [0.15, 0.2) is 0 Å². The minimum atomic E-state index is -0.0236. The minimum Gasteiger partial charge on any atom is -0.384 e. The number of anilines is 1. The number of para-hydroxylation sites is 1. The van der Waals surface area contributed by atoms with Gasteiger partial charge in [0.05, 0.1) is 12.5 Å². The zero-order valence-electron chi connectivity index (χ0n) is 15.7. The molecular weight excluding hydrogens is 328 g/mol. The number of ether oxygens (including phenoxy) is 2. The van der Waals surface area contributed by atoms with Crippen molar-refractivity contribution in [2.75, 3.05) is 51.5 Å². The summed E-state index contributed by atoms with van der Waals surface area (Å²) in [6.07, 6.45) is 4.44. The lowest BCUT2D eigenvalue weighted by Gasteiger charge is -2.45. The highest BCUT2D eigenvalue weighted by atomic mass is 16.5. The summed E-state index contributed by atoms with van der Waals surface area (Å²) in [6.45, 7) is 5.30. The summed E-state index contributed by atoms with van der Waals surface area (Å²) in [4.78, 5) is 17.8. The Morgan fingerprint density at radius 2 is 1.85 bits per heavy atom. The van der Waals surface area contributed by atoms with Crippen LogP contribution in [0.4, 0.5) is 5.69 Å². The molecule has 1 spiro atoms. The molecule has 0 unspecified atom stereocenters. The molecule has 3 aliphatic rings. The van der Waals surface area contributed by atoms with Crippen molar-refractivity contribution in [1.82, 2.24) is 4.90 Å². The van der Waals surface area contributed by atoms with E-state index >= 15 is 0 Å². The van der Waals surface area contributed by atoms with Crippen LogP contribution < -0.4 is 4.90 Å². The van der Waals surface area contributed by atoms with Gasteiger partial charge in [-0.25, -0.2) is 0 Å². The number of rotatable bonds is 4. The van der Waals surface area contributed by atoms with Crippen molar-refractivity contribution in [2.45, 2.75) is 31.7 Å². The van der Waals surface area contributed by atoms with Crippen molar-refractivity contribution >= 4 is 11.6 Å². The lowest BCUT2D eigenvalue weighted by Crippen LogP contribution is -2.50. The molecule has 5 heteroatoms. The first kappa shape index (κ1) is 18.0. The van der Waals surface area contributed by atoms with Crippen molar-refractivity contribution < 1.29 is 14.3 Å². The van der Waals surface area contributed by atoms with Crippen molar-refractivity contribution in [2.24, 2.45) is 11.3 Å². The Labute approximate surface area is 156 Å². The molecule has 0 saturated carbocycles. The van der Waals surface area contributed by atoms with Gasteiger partial charge < -0.3 is 19.3 Å². The van der Waals surface area contributed by atoms with Crippen LogP contribution in [0.2, 0.25) is 0 Å². The van der Waals surface area contributed by atoms with E-state index in [0.29, 0.717) is 12.6 Å². The molecule has 3 fully saturated rings. The van der Waals surface area contributed by atoms with Crippen molar-refractivity contribution in [1.29, 1.82) is 0 Å². The number of methoxy groups -OCH3 is 1. The summed E-state index contributed by atoms with van der Waals surface area (Å²) < 4.78 is 11.0. The molecule has 0 aromatic heterocycles. The number of benzene rings is 1. The van der Waals surface area contributed by atoms with Gasteiger partial charge in [0.2, 0.25) is 5.91 Å². The molecule has 1 aromatic rings. The van der Waals surface area contributed by atoms with E-state index < -0.39 is 0 Å². The van der Waals surface area contributed by atoms with Crippen LogP contribution in [0.1, 0.15) is 25.7 Å². The normalized spacial score (nSPS) is 27.3. The summed E-state index contributed by atoms with van der Waals surface area (Å²) in [5.74, 6) is 0.210. The van der Waals surface area contributed by atoms with Crippen LogP contribution in [-0.4, -0.2) is 63.4 Å². The average Bonchev–Trinajstić information content (AvgIpc) is 2.96. The topological polar surface area (TPSA) is 42.0 Å². The molecule has 0 N–H and O–H groups in total. The van der Waals surface area contributed by atoms with E-state index in [1.165, 1.54) is 0 Å². The molecule has 1 amide bonds. The van der Waals surface area contributed by atoms with Crippen LogP contribution in [0.5, 0.6) is 0 Å². The summed E-state index contributed by atoms with van der Waals surface area (Å²) >= 11 is 0. The monoisotopic (exact) mass is 358 g/mol. The Kier molecular flexibility index (Phi) is 5.30. The second-order valence-corrected chi connectivity index (χ2v) is 8.01. The Morgan fingerprint density at radius 1 is 1.15 bits per heavy atom. The average molecular weight is 358 g/mol. The first-order chi connectivity index (χ1) is 12.7. The predicted octanol–water partition coefficient (Wildman–Crippen LogP) is 2.56. The zero-order chi connectivity index (χ0) is 18.0. The van der Waals surface area contributed by atoms with Gasteiger partial charge in [-0.15, -0.1) is 0 Å². The molecule has 3 saturated heterocycles. The third-order valence-electron chi connectivity index (χ3n) is 6.68. The van der Waals surface area contributed by atoms with Crippen LogP contribution in [0, 0.1) is 11.3 Å². The number of nitrogens with zero attached hydrogens (tertiary/aromatic N) is 2. The van der Waals surface area contributed by atoms with E-state index in [4.69, 9.17) is 9.47 Å². The third-order valence-corrected chi connectivity index (χ3v) is 6.68. The maximum absolute atomic E-state index is 13.2. The van der Waals surface area contributed by atoms with E-state index in [-0.39, 0.29) is 17.2 Å². The lowest BCUT2D eigenvalue weighted by molar-refractivity contribution is -0.125. The molecule has 1 atom stereocenters. The third kappa shape index (κ3) is 3.28. The van der Waals surface area contributed by atoms with Crippen LogP contribution >= 0.6 is 0 Å². The van der Waals surface area contributed by atoms with Gasteiger partial charge >= 0.3 is 0 Å². The maximum Gasteiger partial charge on any atom is 0.233 e. The molecule has 0 bridgehead atoms. The van der Waals surface area contributed by atoms with Crippen LogP contribution in [0.15, 0.2) is 30.3 Å². The number of carbonyl (C=O) groups excluding carboxylic acids is 1. The summed E-state index contributed by atoms with van der Waals surface area (Å²) in [5, 5.41) is 0. The van der Waals surface area contributed by atoms with Crippen LogP contribution in [-0.2, 0) is 14.3 Å². The van der Waals surface area contributed by atoms with E-state index in [9.17, 15) is 4.79 Å². The number of amides is 1. The Balaban J connectivity index is 1.50. The standard InChI is InChI=1S/C21H30N2O3/c1-25-15-19-20(24)23(18-5-3-2-4-6-18)16-21(19)9-11-22(12-10-21)17-7-13-26-14-8-17/h2-6,17,19H,7-16H2,1H3/t19-/m0/s1. The number of piperidine rings is 1. The highest BCUT2D eigenvalue weighted by Gasteiger charge is 2.53. The molecule has 0 radical (unpaired) electrons. The number of likely N-dealkylation sites (tertiary alicyclic amines) is 1. The lowest BCUT2D eigenvalue weighted by atomic mass is 9.70. The van der Waals surface area contributed by atoms with Gasteiger partial charge in [-0.1, -0.05) is 18.2 Å².